The summed E-state index contributed by atoms with van der Waals surface area (Å²) in [7, 11) is 0. The maximum absolute atomic E-state index is 13.3. The van der Waals surface area contributed by atoms with Gasteiger partial charge in [0.2, 0.25) is 0 Å². The molecular formula is C25H23F3N2O4. The standard InChI is InChI=1S/C25H23F3N2O4/c26-25(27,28)19-7-1-4-17(12-19)22-10-9-16-6-3-11-30(23(16)29-22)24(33)18-5-2-8-21(13-18)34-15-20(32)14-31/h1-2,4-5,7-10,12-13,20,31-32H,3,6,11,14-15H2. The largest absolute Gasteiger partial charge is 0.491 e. The number of rotatable bonds is 6. The average molecular weight is 472 g/mol. The molecule has 2 heterocycles. The van der Waals surface area contributed by atoms with E-state index in [1.165, 1.54) is 17.0 Å². The number of aliphatic hydroxyl groups is 2. The number of fused-ring (bicyclic) bond motifs is 1. The summed E-state index contributed by atoms with van der Waals surface area (Å²) in [6.45, 7) is -0.148. The van der Waals surface area contributed by atoms with E-state index >= 15 is 0 Å². The normalized spacial score (nSPS) is 14.4. The van der Waals surface area contributed by atoms with Crippen molar-refractivity contribution in [3.8, 4) is 17.0 Å². The molecule has 178 valence electrons. The minimum absolute atomic E-state index is 0.122. The highest BCUT2D eigenvalue weighted by atomic mass is 19.4. The van der Waals surface area contributed by atoms with Crippen LogP contribution in [-0.2, 0) is 12.6 Å². The Hall–Kier alpha value is -3.43. The molecule has 2 aromatic carbocycles. The molecule has 0 fully saturated rings. The number of pyridine rings is 1. The number of halogens is 3. The van der Waals surface area contributed by atoms with Gasteiger partial charge in [-0.2, -0.15) is 13.2 Å². The zero-order chi connectivity index (χ0) is 24.3. The van der Waals surface area contributed by atoms with E-state index in [-0.39, 0.29) is 12.5 Å². The molecule has 1 aliphatic heterocycles. The summed E-state index contributed by atoms with van der Waals surface area (Å²) >= 11 is 0. The van der Waals surface area contributed by atoms with Gasteiger partial charge in [-0.25, -0.2) is 4.98 Å². The Morgan fingerprint density at radius 3 is 2.68 bits per heavy atom. The molecule has 34 heavy (non-hydrogen) atoms. The van der Waals surface area contributed by atoms with Gasteiger partial charge in [-0.15, -0.1) is 0 Å². The monoisotopic (exact) mass is 472 g/mol. The predicted molar refractivity (Wildman–Crippen MR) is 120 cm³/mol. The van der Waals surface area contributed by atoms with E-state index in [1.54, 1.807) is 36.4 Å². The van der Waals surface area contributed by atoms with Crippen molar-refractivity contribution in [1.82, 2.24) is 4.98 Å². The van der Waals surface area contributed by atoms with Crippen molar-refractivity contribution in [2.75, 3.05) is 24.7 Å². The molecule has 0 saturated carbocycles. The number of hydrogen-bond acceptors (Lipinski definition) is 5. The quantitative estimate of drug-likeness (QED) is 0.565. The summed E-state index contributed by atoms with van der Waals surface area (Å²) in [6.07, 6.45) is -4.07. The minimum atomic E-state index is -4.47. The maximum Gasteiger partial charge on any atom is 0.416 e. The summed E-state index contributed by atoms with van der Waals surface area (Å²) in [6, 6.07) is 14.9. The Balaban J connectivity index is 1.63. The Morgan fingerprint density at radius 2 is 1.91 bits per heavy atom. The van der Waals surface area contributed by atoms with E-state index in [4.69, 9.17) is 9.84 Å². The fourth-order valence-corrected chi connectivity index (χ4v) is 3.77. The van der Waals surface area contributed by atoms with Crippen molar-refractivity contribution < 1.29 is 32.9 Å². The van der Waals surface area contributed by atoms with Gasteiger partial charge >= 0.3 is 6.18 Å². The zero-order valence-electron chi connectivity index (χ0n) is 18.1. The highest BCUT2D eigenvalue weighted by Crippen LogP contribution is 2.34. The maximum atomic E-state index is 13.3. The molecule has 9 heteroatoms. The Kier molecular flexibility index (Phi) is 6.85. The van der Waals surface area contributed by atoms with Crippen molar-refractivity contribution in [1.29, 1.82) is 0 Å². The Morgan fingerprint density at radius 1 is 1.12 bits per heavy atom. The van der Waals surface area contributed by atoms with E-state index in [2.05, 4.69) is 4.98 Å². The van der Waals surface area contributed by atoms with Crippen LogP contribution in [0.3, 0.4) is 0 Å². The summed E-state index contributed by atoms with van der Waals surface area (Å²) in [5.74, 6) is 0.470. The van der Waals surface area contributed by atoms with Crippen LogP contribution in [0.4, 0.5) is 19.0 Å². The van der Waals surface area contributed by atoms with E-state index < -0.39 is 24.5 Å². The van der Waals surface area contributed by atoms with Gasteiger partial charge < -0.3 is 14.9 Å². The fraction of sp³-hybridized carbons (Fsp3) is 0.280. The first-order valence-electron chi connectivity index (χ1n) is 10.8. The Bertz CT molecular complexity index is 1180. The number of nitrogens with zero attached hydrogens (tertiary/aromatic N) is 2. The zero-order valence-corrected chi connectivity index (χ0v) is 18.1. The number of hydrogen-bond donors (Lipinski definition) is 2. The van der Waals surface area contributed by atoms with Gasteiger partial charge in [0.1, 0.15) is 24.3 Å². The second-order valence-corrected chi connectivity index (χ2v) is 7.99. The van der Waals surface area contributed by atoms with Crippen LogP contribution >= 0.6 is 0 Å². The smallest absolute Gasteiger partial charge is 0.416 e. The number of aryl methyl sites for hydroxylation is 1. The van der Waals surface area contributed by atoms with Crippen molar-refractivity contribution in [2.45, 2.75) is 25.1 Å². The first-order chi connectivity index (χ1) is 16.3. The molecule has 4 rings (SSSR count). The molecule has 1 aromatic heterocycles. The van der Waals surface area contributed by atoms with Crippen molar-refractivity contribution in [3.63, 3.8) is 0 Å². The number of aromatic nitrogens is 1. The molecule has 1 amide bonds. The van der Waals surface area contributed by atoms with Gasteiger partial charge in [-0.1, -0.05) is 24.3 Å². The molecule has 0 saturated heterocycles. The molecular weight excluding hydrogens is 449 g/mol. The third-order valence-corrected chi connectivity index (χ3v) is 5.50. The molecule has 1 unspecified atom stereocenters. The molecule has 1 aliphatic rings. The van der Waals surface area contributed by atoms with Crippen LogP contribution in [0.1, 0.15) is 27.9 Å². The van der Waals surface area contributed by atoms with Gasteiger partial charge in [-0.05, 0) is 54.8 Å². The van der Waals surface area contributed by atoms with Gasteiger partial charge in [0.25, 0.3) is 5.91 Å². The number of alkyl halides is 3. The highest BCUT2D eigenvalue weighted by molar-refractivity contribution is 6.06. The lowest BCUT2D eigenvalue weighted by Crippen LogP contribution is -2.36. The third-order valence-electron chi connectivity index (χ3n) is 5.50. The molecule has 0 bridgehead atoms. The van der Waals surface area contributed by atoms with Gasteiger partial charge in [0.15, 0.2) is 0 Å². The average Bonchev–Trinajstić information content (AvgIpc) is 2.86. The molecule has 6 nitrogen and oxygen atoms in total. The molecule has 1 atom stereocenters. The van der Waals surface area contributed by atoms with E-state index in [1.807, 2.05) is 0 Å². The van der Waals surface area contributed by atoms with Crippen LogP contribution in [0, 0.1) is 0 Å². The minimum Gasteiger partial charge on any atom is -0.491 e. The SMILES string of the molecule is O=C(c1cccc(OCC(O)CO)c1)N1CCCc2ccc(-c3cccc(C(F)(F)F)c3)nc21. The molecule has 0 spiro atoms. The van der Waals surface area contributed by atoms with Gasteiger partial charge in [0, 0.05) is 17.7 Å². The summed E-state index contributed by atoms with van der Waals surface area (Å²) < 4.78 is 44.9. The van der Waals surface area contributed by atoms with Gasteiger partial charge in [-0.3, -0.25) is 9.69 Å². The number of amides is 1. The molecule has 3 aromatic rings. The van der Waals surface area contributed by atoms with E-state index in [0.29, 0.717) is 41.4 Å². The van der Waals surface area contributed by atoms with Crippen LogP contribution in [0.25, 0.3) is 11.3 Å². The van der Waals surface area contributed by atoms with Crippen LogP contribution < -0.4 is 9.64 Å². The van der Waals surface area contributed by atoms with Crippen LogP contribution in [0.5, 0.6) is 5.75 Å². The number of benzene rings is 2. The topological polar surface area (TPSA) is 82.9 Å². The molecule has 0 aliphatic carbocycles. The second kappa shape index (κ2) is 9.82. The van der Waals surface area contributed by atoms with Crippen molar-refractivity contribution >= 4 is 11.7 Å². The van der Waals surface area contributed by atoms with Crippen LogP contribution in [-0.4, -0.2) is 47.0 Å². The fourth-order valence-electron chi connectivity index (χ4n) is 3.77. The van der Waals surface area contributed by atoms with E-state index in [9.17, 15) is 23.1 Å². The van der Waals surface area contributed by atoms with Crippen LogP contribution in [0.15, 0.2) is 60.7 Å². The lowest BCUT2D eigenvalue weighted by Gasteiger charge is -2.29. The lowest BCUT2D eigenvalue weighted by atomic mass is 10.0. The molecule has 2 N–H and O–H groups in total. The van der Waals surface area contributed by atoms with E-state index in [0.717, 1.165) is 24.1 Å². The number of anilines is 1. The van der Waals surface area contributed by atoms with Crippen molar-refractivity contribution in [2.24, 2.45) is 0 Å². The molecule has 0 radical (unpaired) electrons. The summed E-state index contributed by atoms with van der Waals surface area (Å²) in [4.78, 5) is 19.4. The number of carbonyl (C=O) groups excluding carboxylic acids is 1. The van der Waals surface area contributed by atoms with Gasteiger partial charge in [0.05, 0.1) is 17.9 Å². The summed E-state index contributed by atoms with van der Waals surface area (Å²) in [5.41, 5.74) is 1.08. The lowest BCUT2D eigenvalue weighted by molar-refractivity contribution is -0.137. The first-order valence-corrected chi connectivity index (χ1v) is 10.8. The van der Waals surface area contributed by atoms with Crippen LogP contribution in [0.2, 0.25) is 0 Å². The third kappa shape index (κ3) is 5.21. The first kappa shape index (κ1) is 23.7. The number of carbonyl (C=O) groups is 1. The second-order valence-electron chi connectivity index (χ2n) is 7.99. The predicted octanol–water partition coefficient (Wildman–Crippen LogP) is 4.09. The highest BCUT2D eigenvalue weighted by Gasteiger charge is 2.31. The van der Waals surface area contributed by atoms with Crippen molar-refractivity contribution in [3.05, 3.63) is 77.4 Å². The number of ether oxygens (including phenoxy) is 1. The summed E-state index contributed by atoms with van der Waals surface area (Å²) in [5, 5.41) is 18.4. The number of aliphatic hydroxyl groups excluding tert-OH is 2. The Labute approximate surface area is 194 Å².